The van der Waals surface area contributed by atoms with Gasteiger partial charge in [-0.15, -0.1) is 0 Å². The maximum absolute atomic E-state index is 16.3. The third-order valence-electron chi connectivity index (χ3n) is 7.22. The van der Waals surface area contributed by atoms with Gasteiger partial charge in [0, 0.05) is 68.9 Å². The maximum Gasteiger partial charge on any atom is 0.417 e. The van der Waals surface area contributed by atoms with Crippen LogP contribution in [-0.2, 0) is 10.9 Å². The predicted molar refractivity (Wildman–Crippen MR) is 147 cm³/mol. The Bertz CT molecular complexity index is 1530. The largest absolute Gasteiger partial charge is 0.417 e. The van der Waals surface area contributed by atoms with Crippen molar-refractivity contribution in [3.63, 3.8) is 0 Å². The third-order valence-corrected chi connectivity index (χ3v) is 7.22. The minimum Gasteiger partial charge on any atom is -0.375 e. The van der Waals surface area contributed by atoms with E-state index in [2.05, 4.69) is 15.6 Å². The van der Waals surface area contributed by atoms with E-state index >= 15 is 8.78 Å². The number of anilines is 3. The van der Waals surface area contributed by atoms with Crippen molar-refractivity contribution in [1.29, 1.82) is 0 Å². The number of rotatable bonds is 5. The summed E-state index contributed by atoms with van der Waals surface area (Å²) in [6.07, 6.45) is -3.12. The number of amides is 1. The number of piperazine rings is 1. The first kappa shape index (κ1) is 29.5. The van der Waals surface area contributed by atoms with E-state index in [1.165, 1.54) is 12.3 Å². The Hall–Kier alpha value is -4.04. The molecule has 1 amide bonds. The van der Waals surface area contributed by atoms with Crippen molar-refractivity contribution in [2.24, 2.45) is 0 Å². The van der Waals surface area contributed by atoms with Gasteiger partial charge in [0.15, 0.2) is 5.82 Å². The normalized spacial score (nSPS) is 19.6. The molecule has 3 N–H and O–H groups in total. The van der Waals surface area contributed by atoms with Crippen LogP contribution in [0.5, 0.6) is 0 Å². The number of benzene rings is 1. The zero-order chi connectivity index (χ0) is 30.2. The van der Waals surface area contributed by atoms with E-state index < -0.39 is 51.7 Å². The zero-order valence-corrected chi connectivity index (χ0v) is 22.8. The van der Waals surface area contributed by atoms with Gasteiger partial charge in [-0.05, 0) is 26.0 Å². The molecule has 0 radical (unpaired) electrons. The number of ether oxygens (including phenoxy) is 1. The lowest BCUT2D eigenvalue weighted by molar-refractivity contribution is -0.138. The molecule has 14 heteroatoms. The standard InChI is InChI=1S/C28H29F5N6O3/c1-15-13-38(6-5-34-15)21-10-20(29)24(17-3-4-22(35-11-17)39-7-8-42-16(2)14-39)25(30)26(21)37-27(41)18-12-36-23(40)9-19(18)28(31,32)33/h3-4,9-12,15-16,34H,5-8,13-14H2,1-2H3,(H,36,40)(H,37,41)/t15-,16+/m0/s1. The molecule has 0 unspecified atom stereocenters. The Kier molecular flexibility index (Phi) is 8.19. The maximum atomic E-state index is 16.3. The van der Waals surface area contributed by atoms with Gasteiger partial charge in [-0.2, -0.15) is 13.2 Å². The lowest BCUT2D eigenvalue weighted by Gasteiger charge is -2.35. The van der Waals surface area contributed by atoms with Crippen molar-refractivity contribution in [3.05, 3.63) is 69.8 Å². The number of aromatic nitrogens is 2. The average molecular weight is 593 g/mol. The quantitative estimate of drug-likeness (QED) is 0.385. The molecule has 0 saturated carbocycles. The number of alkyl halides is 3. The van der Waals surface area contributed by atoms with Crippen molar-refractivity contribution in [3.8, 4) is 11.1 Å². The molecule has 42 heavy (non-hydrogen) atoms. The van der Waals surface area contributed by atoms with E-state index in [-0.39, 0.29) is 29.5 Å². The van der Waals surface area contributed by atoms with Crippen molar-refractivity contribution >= 4 is 23.1 Å². The summed E-state index contributed by atoms with van der Waals surface area (Å²) < 4.78 is 78.4. The topological polar surface area (TPSA) is 103 Å². The molecule has 5 rings (SSSR count). The molecule has 1 aromatic carbocycles. The summed E-state index contributed by atoms with van der Waals surface area (Å²) in [7, 11) is 0. The van der Waals surface area contributed by atoms with E-state index in [4.69, 9.17) is 4.74 Å². The summed E-state index contributed by atoms with van der Waals surface area (Å²) in [4.78, 5) is 34.8. The number of carbonyl (C=O) groups is 1. The van der Waals surface area contributed by atoms with Crippen LogP contribution in [0, 0.1) is 11.6 Å². The highest BCUT2D eigenvalue weighted by Crippen LogP contribution is 2.39. The van der Waals surface area contributed by atoms with Crippen LogP contribution in [0.15, 0.2) is 41.5 Å². The van der Waals surface area contributed by atoms with E-state index in [1.54, 1.807) is 11.0 Å². The number of carbonyl (C=O) groups excluding carboxylic acids is 1. The molecular formula is C28H29F5N6O3. The smallest absolute Gasteiger partial charge is 0.375 e. The summed E-state index contributed by atoms with van der Waals surface area (Å²) in [5, 5.41) is 5.44. The Morgan fingerprint density at radius 2 is 1.90 bits per heavy atom. The van der Waals surface area contributed by atoms with Crippen LogP contribution in [-0.4, -0.2) is 67.4 Å². The summed E-state index contributed by atoms with van der Waals surface area (Å²) in [5.41, 5.74) is -4.41. The monoisotopic (exact) mass is 592 g/mol. The van der Waals surface area contributed by atoms with Crippen molar-refractivity contribution in [2.75, 3.05) is 54.4 Å². The number of hydrogen-bond donors (Lipinski definition) is 3. The lowest BCUT2D eigenvalue weighted by Crippen LogP contribution is -2.49. The van der Waals surface area contributed by atoms with E-state index in [9.17, 15) is 22.8 Å². The summed E-state index contributed by atoms with van der Waals surface area (Å²) in [6.45, 7) is 6.60. The number of H-pyrrole nitrogens is 1. The molecule has 4 heterocycles. The molecule has 9 nitrogen and oxygen atoms in total. The van der Waals surface area contributed by atoms with Crippen LogP contribution >= 0.6 is 0 Å². The second-order valence-electron chi connectivity index (χ2n) is 10.4. The second-order valence-corrected chi connectivity index (χ2v) is 10.4. The Morgan fingerprint density at radius 1 is 1.12 bits per heavy atom. The van der Waals surface area contributed by atoms with Gasteiger partial charge in [0.2, 0.25) is 5.56 Å². The van der Waals surface area contributed by atoms with Crippen molar-refractivity contribution < 1.29 is 31.5 Å². The molecule has 3 aromatic rings. The number of aromatic amines is 1. The zero-order valence-electron chi connectivity index (χ0n) is 22.8. The molecule has 0 bridgehead atoms. The number of hydrogen-bond acceptors (Lipinski definition) is 7. The van der Waals surface area contributed by atoms with Gasteiger partial charge in [-0.1, -0.05) is 0 Å². The predicted octanol–water partition coefficient (Wildman–Crippen LogP) is 4.01. The van der Waals surface area contributed by atoms with Gasteiger partial charge in [0.25, 0.3) is 5.91 Å². The summed E-state index contributed by atoms with van der Waals surface area (Å²) in [5.74, 6) is -2.83. The van der Waals surface area contributed by atoms with Crippen LogP contribution in [0.4, 0.5) is 39.1 Å². The Labute approximate surface area is 237 Å². The average Bonchev–Trinajstić information content (AvgIpc) is 2.94. The number of morpholine rings is 1. The van der Waals surface area contributed by atoms with Crippen LogP contribution in [0.1, 0.15) is 29.8 Å². The van der Waals surface area contributed by atoms with Gasteiger partial charge in [0.05, 0.1) is 35.1 Å². The van der Waals surface area contributed by atoms with E-state index in [1.807, 2.05) is 23.7 Å². The molecule has 2 atom stereocenters. The highest BCUT2D eigenvalue weighted by molar-refractivity contribution is 6.07. The fraction of sp³-hybridized carbons (Fsp3) is 0.393. The Morgan fingerprint density at radius 3 is 2.57 bits per heavy atom. The number of nitrogens with zero attached hydrogens (tertiary/aromatic N) is 3. The molecule has 2 saturated heterocycles. The molecule has 224 valence electrons. The van der Waals surface area contributed by atoms with Gasteiger partial charge in [0.1, 0.15) is 17.3 Å². The van der Waals surface area contributed by atoms with Crippen LogP contribution in [0.2, 0.25) is 0 Å². The van der Waals surface area contributed by atoms with Crippen LogP contribution < -0.4 is 26.0 Å². The van der Waals surface area contributed by atoms with Crippen molar-refractivity contribution in [1.82, 2.24) is 15.3 Å². The summed E-state index contributed by atoms with van der Waals surface area (Å²) in [6, 6.07) is 4.35. The summed E-state index contributed by atoms with van der Waals surface area (Å²) >= 11 is 0. The van der Waals surface area contributed by atoms with Gasteiger partial charge in [-0.25, -0.2) is 13.8 Å². The highest BCUT2D eigenvalue weighted by atomic mass is 19.4. The molecule has 2 aliphatic heterocycles. The fourth-order valence-corrected chi connectivity index (χ4v) is 5.21. The SMILES string of the molecule is C[C@@H]1CN(c2ccc(-c3c(F)cc(N4CCN[C@@H](C)C4)c(NC(=O)c4c[nH]c(=O)cc4C(F)(F)F)c3F)cn2)CCO1. The molecular weight excluding hydrogens is 563 g/mol. The highest BCUT2D eigenvalue weighted by Gasteiger charge is 2.36. The number of halogens is 5. The van der Waals surface area contributed by atoms with Gasteiger partial charge < -0.3 is 30.2 Å². The molecule has 2 fully saturated rings. The second kappa shape index (κ2) is 11.7. The number of pyridine rings is 2. The van der Waals surface area contributed by atoms with E-state index in [0.29, 0.717) is 51.3 Å². The van der Waals surface area contributed by atoms with Crippen LogP contribution in [0.3, 0.4) is 0 Å². The van der Waals surface area contributed by atoms with Crippen LogP contribution in [0.25, 0.3) is 11.1 Å². The molecule has 0 spiro atoms. The molecule has 2 aliphatic rings. The Balaban J connectivity index is 1.57. The first-order chi connectivity index (χ1) is 19.9. The minimum atomic E-state index is -5.03. The number of nitrogens with one attached hydrogen (secondary N) is 3. The minimum absolute atomic E-state index is 0.0122. The van der Waals surface area contributed by atoms with Gasteiger partial charge in [-0.3, -0.25) is 9.59 Å². The first-order valence-electron chi connectivity index (χ1n) is 13.4. The molecule has 2 aromatic heterocycles. The lowest BCUT2D eigenvalue weighted by atomic mass is 10.0. The van der Waals surface area contributed by atoms with Crippen molar-refractivity contribution in [2.45, 2.75) is 32.2 Å². The third kappa shape index (κ3) is 6.09. The van der Waals surface area contributed by atoms with E-state index in [0.717, 1.165) is 6.07 Å². The fourth-order valence-electron chi connectivity index (χ4n) is 5.21. The molecule has 0 aliphatic carbocycles. The first-order valence-corrected chi connectivity index (χ1v) is 13.4. The van der Waals surface area contributed by atoms with Gasteiger partial charge >= 0.3 is 6.18 Å².